The van der Waals surface area contributed by atoms with Crippen molar-refractivity contribution in [2.75, 3.05) is 26.2 Å². The summed E-state index contributed by atoms with van der Waals surface area (Å²) < 4.78 is 0. The Morgan fingerprint density at radius 3 is 2.32 bits per heavy atom. The third-order valence-corrected chi connectivity index (χ3v) is 5.33. The van der Waals surface area contributed by atoms with Gasteiger partial charge in [-0.25, -0.2) is 0 Å². The first-order valence-electron chi connectivity index (χ1n) is 9.01. The number of nitrogens with one attached hydrogen (secondary N) is 1. The Labute approximate surface area is 156 Å². The molecule has 0 bridgehead atoms. The summed E-state index contributed by atoms with van der Waals surface area (Å²) in [5, 5.41) is 4.35. The Morgan fingerprint density at radius 1 is 1.00 bits per heavy atom. The van der Waals surface area contributed by atoms with E-state index in [0.29, 0.717) is 0 Å². The van der Waals surface area contributed by atoms with Gasteiger partial charge in [-0.05, 0) is 42.8 Å². The summed E-state index contributed by atoms with van der Waals surface area (Å²) in [6.45, 7) is 9.46. The van der Waals surface area contributed by atoms with Crippen LogP contribution in [0.1, 0.15) is 29.7 Å². The Bertz CT molecular complexity index is 693. The van der Waals surface area contributed by atoms with Crippen molar-refractivity contribution < 1.29 is 0 Å². The van der Waals surface area contributed by atoms with Crippen molar-refractivity contribution in [3.63, 3.8) is 0 Å². The quantitative estimate of drug-likeness (QED) is 0.844. The standard InChI is InChI=1S/C21H27N3S/c1-17-8-6-7-11-20(17)16-23-12-14-24(15-13-23)21(25)22-18(2)19-9-4-3-5-10-19/h3-11,18H,12-16H2,1-2H3,(H,22,25). The average Bonchev–Trinajstić information content (AvgIpc) is 2.65. The molecule has 0 saturated carbocycles. The largest absolute Gasteiger partial charge is 0.356 e. The third-order valence-electron chi connectivity index (χ3n) is 4.95. The second-order valence-corrected chi connectivity index (χ2v) is 7.16. The zero-order chi connectivity index (χ0) is 17.6. The topological polar surface area (TPSA) is 18.5 Å². The predicted molar refractivity (Wildman–Crippen MR) is 109 cm³/mol. The molecule has 1 heterocycles. The predicted octanol–water partition coefficient (Wildman–Crippen LogP) is 3.75. The molecule has 0 radical (unpaired) electrons. The first-order chi connectivity index (χ1) is 12.1. The highest BCUT2D eigenvalue weighted by atomic mass is 32.1. The van der Waals surface area contributed by atoms with Crippen LogP contribution in [0.5, 0.6) is 0 Å². The maximum atomic E-state index is 5.64. The summed E-state index contributed by atoms with van der Waals surface area (Å²) in [4.78, 5) is 4.81. The van der Waals surface area contributed by atoms with E-state index in [2.05, 4.69) is 77.5 Å². The Hall–Kier alpha value is -1.91. The molecule has 2 aromatic rings. The maximum Gasteiger partial charge on any atom is 0.169 e. The summed E-state index contributed by atoms with van der Waals surface area (Å²) in [7, 11) is 0. The molecule has 2 aromatic carbocycles. The number of nitrogens with zero attached hydrogens (tertiary/aromatic N) is 2. The van der Waals surface area contributed by atoms with E-state index in [1.54, 1.807) is 0 Å². The number of benzene rings is 2. The molecule has 1 unspecified atom stereocenters. The van der Waals surface area contributed by atoms with Gasteiger partial charge in [0.2, 0.25) is 0 Å². The smallest absolute Gasteiger partial charge is 0.169 e. The van der Waals surface area contributed by atoms with Crippen molar-refractivity contribution in [3.05, 3.63) is 71.3 Å². The van der Waals surface area contributed by atoms with Crippen molar-refractivity contribution >= 4 is 17.3 Å². The van der Waals surface area contributed by atoms with Crippen molar-refractivity contribution in [1.82, 2.24) is 15.1 Å². The van der Waals surface area contributed by atoms with Crippen LogP contribution in [0, 0.1) is 6.92 Å². The molecule has 0 amide bonds. The van der Waals surface area contributed by atoms with E-state index in [9.17, 15) is 0 Å². The van der Waals surface area contributed by atoms with Gasteiger partial charge in [0, 0.05) is 32.7 Å². The molecule has 1 aliphatic heterocycles. The van der Waals surface area contributed by atoms with Crippen LogP contribution in [-0.4, -0.2) is 41.1 Å². The molecule has 0 spiro atoms. The number of hydrogen-bond acceptors (Lipinski definition) is 2. The molecule has 25 heavy (non-hydrogen) atoms. The maximum absolute atomic E-state index is 5.64. The van der Waals surface area contributed by atoms with Crippen LogP contribution in [0.3, 0.4) is 0 Å². The molecule has 132 valence electrons. The SMILES string of the molecule is Cc1ccccc1CN1CCN(C(=S)NC(C)c2ccccc2)CC1. The monoisotopic (exact) mass is 353 g/mol. The lowest BCUT2D eigenvalue weighted by molar-refractivity contribution is 0.174. The lowest BCUT2D eigenvalue weighted by Gasteiger charge is -2.37. The zero-order valence-electron chi connectivity index (χ0n) is 15.1. The minimum atomic E-state index is 0.235. The van der Waals surface area contributed by atoms with E-state index < -0.39 is 0 Å². The minimum Gasteiger partial charge on any atom is -0.356 e. The fraction of sp³-hybridized carbons (Fsp3) is 0.381. The molecule has 1 aliphatic rings. The second kappa shape index (κ2) is 8.45. The highest BCUT2D eigenvalue weighted by Gasteiger charge is 2.20. The van der Waals surface area contributed by atoms with Crippen LogP contribution in [0.4, 0.5) is 0 Å². The molecule has 1 saturated heterocycles. The fourth-order valence-electron chi connectivity index (χ4n) is 3.24. The van der Waals surface area contributed by atoms with Crippen LogP contribution in [-0.2, 0) is 6.54 Å². The molecule has 3 rings (SSSR count). The summed E-state index contributed by atoms with van der Waals surface area (Å²) >= 11 is 5.64. The number of aryl methyl sites for hydroxylation is 1. The van der Waals surface area contributed by atoms with Gasteiger partial charge in [-0.3, -0.25) is 4.90 Å². The second-order valence-electron chi connectivity index (χ2n) is 6.77. The van der Waals surface area contributed by atoms with Gasteiger partial charge in [0.25, 0.3) is 0 Å². The first-order valence-corrected chi connectivity index (χ1v) is 9.41. The van der Waals surface area contributed by atoms with Crippen LogP contribution in [0.15, 0.2) is 54.6 Å². The van der Waals surface area contributed by atoms with E-state index in [1.807, 2.05) is 6.07 Å². The van der Waals surface area contributed by atoms with Gasteiger partial charge in [0.05, 0.1) is 6.04 Å². The summed E-state index contributed by atoms with van der Waals surface area (Å²) in [6, 6.07) is 19.4. The van der Waals surface area contributed by atoms with Gasteiger partial charge in [0.15, 0.2) is 5.11 Å². The lowest BCUT2D eigenvalue weighted by atomic mass is 10.1. The van der Waals surface area contributed by atoms with Gasteiger partial charge in [-0.2, -0.15) is 0 Å². The van der Waals surface area contributed by atoms with Crippen LogP contribution >= 0.6 is 12.2 Å². The third kappa shape index (κ3) is 4.80. The Morgan fingerprint density at radius 2 is 1.64 bits per heavy atom. The molecule has 1 fully saturated rings. The van der Waals surface area contributed by atoms with Gasteiger partial charge in [-0.1, -0.05) is 54.6 Å². The average molecular weight is 354 g/mol. The highest BCUT2D eigenvalue weighted by Crippen LogP contribution is 2.14. The van der Waals surface area contributed by atoms with Gasteiger partial charge in [0.1, 0.15) is 0 Å². The Kier molecular flexibility index (Phi) is 6.05. The van der Waals surface area contributed by atoms with E-state index in [0.717, 1.165) is 37.8 Å². The van der Waals surface area contributed by atoms with Crippen LogP contribution < -0.4 is 5.32 Å². The molecule has 4 heteroatoms. The van der Waals surface area contributed by atoms with E-state index >= 15 is 0 Å². The fourth-order valence-corrected chi connectivity index (χ4v) is 3.60. The van der Waals surface area contributed by atoms with E-state index in [4.69, 9.17) is 12.2 Å². The number of rotatable bonds is 4. The van der Waals surface area contributed by atoms with Gasteiger partial charge in [-0.15, -0.1) is 0 Å². The van der Waals surface area contributed by atoms with Crippen molar-refractivity contribution in [2.45, 2.75) is 26.4 Å². The molecular formula is C21H27N3S. The van der Waals surface area contributed by atoms with Crippen molar-refractivity contribution in [2.24, 2.45) is 0 Å². The first kappa shape index (κ1) is 17.9. The van der Waals surface area contributed by atoms with E-state index in [1.165, 1.54) is 16.7 Å². The van der Waals surface area contributed by atoms with Crippen LogP contribution in [0.2, 0.25) is 0 Å². The summed E-state index contributed by atoms with van der Waals surface area (Å²) in [6.07, 6.45) is 0. The highest BCUT2D eigenvalue weighted by molar-refractivity contribution is 7.80. The normalized spacial score (nSPS) is 16.5. The number of thiocarbonyl (C=S) groups is 1. The number of hydrogen-bond donors (Lipinski definition) is 1. The number of piperazine rings is 1. The molecule has 1 atom stereocenters. The molecule has 3 nitrogen and oxygen atoms in total. The van der Waals surface area contributed by atoms with Gasteiger partial charge < -0.3 is 10.2 Å². The van der Waals surface area contributed by atoms with Crippen LogP contribution in [0.25, 0.3) is 0 Å². The molecule has 1 N–H and O–H groups in total. The van der Waals surface area contributed by atoms with E-state index in [-0.39, 0.29) is 6.04 Å². The minimum absolute atomic E-state index is 0.235. The van der Waals surface area contributed by atoms with Crippen molar-refractivity contribution in [1.29, 1.82) is 0 Å². The molecular weight excluding hydrogens is 326 g/mol. The molecule has 0 aromatic heterocycles. The molecule has 0 aliphatic carbocycles. The Balaban J connectivity index is 1.48. The van der Waals surface area contributed by atoms with Gasteiger partial charge >= 0.3 is 0 Å². The summed E-state index contributed by atoms with van der Waals surface area (Å²) in [5.41, 5.74) is 4.07. The lowest BCUT2D eigenvalue weighted by Crippen LogP contribution is -2.51. The zero-order valence-corrected chi connectivity index (χ0v) is 15.9. The summed E-state index contributed by atoms with van der Waals surface area (Å²) in [5.74, 6) is 0. The van der Waals surface area contributed by atoms with Crippen molar-refractivity contribution in [3.8, 4) is 0 Å².